The molecular weight excluding hydrogens is 729 g/mol. The zero-order chi connectivity index (χ0) is 36.0. The minimum absolute atomic E-state index is 0.00663. The third kappa shape index (κ3) is 6.56. The molecule has 0 radical (unpaired) electrons. The summed E-state index contributed by atoms with van der Waals surface area (Å²) in [6.07, 6.45) is 0.0479. The number of imidazole rings is 1. The fourth-order valence-corrected chi connectivity index (χ4v) is 6.65. The van der Waals surface area contributed by atoms with Crippen molar-refractivity contribution in [1.29, 1.82) is 0 Å². The number of halogens is 4. The number of aryl methyl sites for hydroxylation is 1. The van der Waals surface area contributed by atoms with Gasteiger partial charge >= 0.3 is 11.9 Å². The zero-order valence-electron chi connectivity index (χ0n) is 27.4. The van der Waals surface area contributed by atoms with Crippen molar-refractivity contribution >= 4 is 38.6 Å². The Hall–Kier alpha value is -5.57. The van der Waals surface area contributed by atoms with Crippen LogP contribution >= 0.6 is 15.9 Å². The van der Waals surface area contributed by atoms with E-state index in [0.29, 0.717) is 28.0 Å². The molecule has 1 N–H and O–H groups in total. The normalized spacial score (nSPS) is 14.5. The fourth-order valence-electron chi connectivity index (χ4n) is 6.40. The summed E-state index contributed by atoms with van der Waals surface area (Å²) in [4.78, 5) is 52.7. The fraction of sp³-hybridized carbons (Fsp3) is 0.222. The third-order valence-electron chi connectivity index (χ3n) is 8.90. The highest BCUT2D eigenvalue weighted by atomic mass is 79.9. The molecule has 0 fully saturated rings. The van der Waals surface area contributed by atoms with Gasteiger partial charge in [0.25, 0.3) is 11.8 Å². The Morgan fingerprint density at radius 1 is 1.02 bits per heavy atom. The number of nitrogens with one attached hydrogen (secondary N) is 1. The Morgan fingerprint density at radius 2 is 1.78 bits per heavy atom. The number of rotatable bonds is 7. The van der Waals surface area contributed by atoms with Crippen molar-refractivity contribution in [2.75, 3.05) is 0 Å². The molecule has 7 rings (SSSR count). The van der Waals surface area contributed by atoms with Gasteiger partial charge < -0.3 is 10.2 Å². The molecule has 260 valence electrons. The summed E-state index contributed by atoms with van der Waals surface area (Å²) in [5, 5.41) is 7.21. The van der Waals surface area contributed by atoms with Gasteiger partial charge in [0.1, 0.15) is 12.2 Å². The van der Waals surface area contributed by atoms with Gasteiger partial charge in [-0.05, 0) is 67.4 Å². The first-order chi connectivity index (χ1) is 24.4. The van der Waals surface area contributed by atoms with Gasteiger partial charge in [0.05, 0.1) is 29.6 Å². The Kier molecular flexibility index (Phi) is 8.83. The predicted molar refractivity (Wildman–Crippen MR) is 186 cm³/mol. The quantitative estimate of drug-likeness (QED) is 0.212. The summed E-state index contributed by atoms with van der Waals surface area (Å²) >= 11 is 3.47. The number of benzene rings is 3. The maximum atomic E-state index is 14.3. The molecule has 0 aliphatic carbocycles. The van der Waals surface area contributed by atoms with Crippen LogP contribution in [0.1, 0.15) is 44.6 Å². The Balaban J connectivity index is 1.30. The van der Waals surface area contributed by atoms with Gasteiger partial charge in [-0.25, -0.2) is 14.8 Å². The molecule has 0 saturated heterocycles. The average molecular weight is 760 g/mol. The summed E-state index contributed by atoms with van der Waals surface area (Å²) in [5.41, 5.74) is 3.08. The van der Waals surface area contributed by atoms with Crippen LogP contribution in [0.5, 0.6) is 0 Å². The van der Waals surface area contributed by atoms with Crippen molar-refractivity contribution in [3.63, 3.8) is 0 Å². The molecule has 11 nitrogen and oxygen atoms in total. The lowest BCUT2D eigenvalue weighted by Crippen LogP contribution is -2.47. The largest absolute Gasteiger partial charge is 0.408 e. The van der Waals surface area contributed by atoms with Gasteiger partial charge in [0.2, 0.25) is 0 Å². The second kappa shape index (κ2) is 13.3. The van der Waals surface area contributed by atoms with Gasteiger partial charge in [-0.2, -0.15) is 18.3 Å². The summed E-state index contributed by atoms with van der Waals surface area (Å²) < 4.78 is 44.1. The topological polar surface area (TPSA) is 120 Å². The molecule has 1 aliphatic heterocycles. The van der Waals surface area contributed by atoms with Crippen LogP contribution in [0, 0.1) is 6.92 Å². The second-order valence-corrected chi connectivity index (χ2v) is 13.2. The van der Waals surface area contributed by atoms with E-state index in [1.54, 1.807) is 41.6 Å². The van der Waals surface area contributed by atoms with Crippen LogP contribution in [-0.4, -0.2) is 57.8 Å². The minimum Gasteiger partial charge on any atom is -0.347 e. The Labute approximate surface area is 297 Å². The van der Waals surface area contributed by atoms with E-state index in [1.165, 1.54) is 33.5 Å². The van der Waals surface area contributed by atoms with Gasteiger partial charge in [-0.15, -0.1) is 0 Å². The van der Waals surface area contributed by atoms with Crippen LogP contribution in [0.15, 0.2) is 94.6 Å². The van der Waals surface area contributed by atoms with Crippen LogP contribution < -0.4 is 11.0 Å². The lowest BCUT2D eigenvalue weighted by atomic mass is 10.1. The highest BCUT2D eigenvalue weighted by molar-refractivity contribution is 9.10. The third-order valence-corrected chi connectivity index (χ3v) is 9.79. The van der Waals surface area contributed by atoms with Gasteiger partial charge in [-0.1, -0.05) is 40.2 Å². The SMILES string of the molecule is Cc1cc(C(=O)N2Cc3c(C(=O)NCc4ccccc4-c4ncccn4)n(-c4ccc5c(cnn5CC(F)(F)F)c4)c(=O)n3C[C@H]2C)ccc1Br. The van der Waals surface area contributed by atoms with E-state index < -0.39 is 30.4 Å². The number of amides is 2. The Morgan fingerprint density at radius 3 is 2.53 bits per heavy atom. The standard InChI is InChI=1S/C36H30BrF3N8O3/c1-21-14-23(8-10-28(21)37)34(50)45-19-30-31(33(49)43-16-24-6-3-4-7-27(24)32-41-12-5-13-42-32)48(35(51)46(30)18-22(45)2)26-9-11-29-25(15-26)17-44-47(29)20-36(38,39)40/h3-15,17,22H,16,18-20H2,1-2H3,(H,43,49)/t22-/m1/s1. The van der Waals surface area contributed by atoms with Crippen LogP contribution in [-0.2, 0) is 26.2 Å². The number of carbonyl (C=O) groups is 2. The predicted octanol–water partition coefficient (Wildman–Crippen LogP) is 6.05. The van der Waals surface area contributed by atoms with E-state index in [9.17, 15) is 27.6 Å². The summed E-state index contributed by atoms with van der Waals surface area (Å²) in [5.74, 6) is -0.365. The smallest absolute Gasteiger partial charge is 0.347 e. The molecule has 3 aromatic carbocycles. The first-order valence-electron chi connectivity index (χ1n) is 16.0. The van der Waals surface area contributed by atoms with Gasteiger partial charge in [0.15, 0.2) is 5.82 Å². The number of carbonyl (C=O) groups excluding carboxylic acids is 2. The van der Waals surface area contributed by atoms with E-state index in [1.807, 2.05) is 38.1 Å². The summed E-state index contributed by atoms with van der Waals surface area (Å²) in [6.45, 7) is 2.57. The van der Waals surface area contributed by atoms with Gasteiger partial charge in [0, 0.05) is 52.5 Å². The number of aromatic nitrogens is 6. The highest BCUT2D eigenvalue weighted by Gasteiger charge is 2.36. The van der Waals surface area contributed by atoms with Crippen LogP contribution in [0.4, 0.5) is 13.2 Å². The van der Waals surface area contributed by atoms with E-state index in [4.69, 9.17) is 0 Å². The number of hydrogen-bond acceptors (Lipinski definition) is 6. The molecule has 0 unspecified atom stereocenters. The van der Waals surface area contributed by atoms with E-state index >= 15 is 0 Å². The van der Waals surface area contributed by atoms with Crippen molar-refractivity contribution < 1.29 is 22.8 Å². The average Bonchev–Trinajstić information content (AvgIpc) is 3.64. The van der Waals surface area contributed by atoms with Crippen LogP contribution in [0.2, 0.25) is 0 Å². The molecule has 1 atom stereocenters. The highest BCUT2D eigenvalue weighted by Crippen LogP contribution is 2.28. The monoisotopic (exact) mass is 758 g/mol. The molecular formula is C36H30BrF3N8O3. The molecule has 1 aliphatic rings. The van der Waals surface area contributed by atoms with Gasteiger partial charge in [-0.3, -0.25) is 23.4 Å². The van der Waals surface area contributed by atoms with E-state index in [-0.39, 0.29) is 42.4 Å². The molecule has 3 aromatic heterocycles. The Bertz CT molecular complexity index is 2370. The number of nitrogens with zero attached hydrogens (tertiary/aromatic N) is 7. The zero-order valence-corrected chi connectivity index (χ0v) is 28.9. The minimum atomic E-state index is -4.48. The number of hydrogen-bond donors (Lipinski definition) is 1. The van der Waals surface area contributed by atoms with Crippen molar-refractivity contribution in [3.8, 4) is 17.1 Å². The summed E-state index contributed by atoms with van der Waals surface area (Å²) in [7, 11) is 0. The van der Waals surface area contributed by atoms with Crippen molar-refractivity contribution in [2.45, 2.75) is 52.2 Å². The second-order valence-electron chi connectivity index (χ2n) is 12.3. The molecule has 0 saturated carbocycles. The molecule has 51 heavy (non-hydrogen) atoms. The van der Waals surface area contributed by atoms with Crippen molar-refractivity contribution in [2.24, 2.45) is 0 Å². The molecule has 4 heterocycles. The number of fused-ring (bicyclic) bond motifs is 2. The maximum Gasteiger partial charge on any atom is 0.408 e. The number of alkyl halides is 3. The van der Waals surface area contributed by atoms with Crippen LogP contribution in [0.3, 0.4) is 0 Å². The molecule has 0 spiro atoms. The van der Waals surface area contributed by atoms with E-state index in [2.05, 4.69) is 36.3 Å². The molecule has 15 heteroatoms. The first kappa shape index (κ1) is 33.9. The van der Waals surface area contributed by atoms with Crippen LogP contribution in [0.25, 0.3) is 28.0 Å². The molecule has 6 aromatic rings. The van der Waals surface area contributed by atoms with Crippen molar-refractivity contribution in [1.82, 2.24) is 39.1 Å². The lowest BCUT2D eigenvalue weighted by molar-refractivity contribution is -0.141. The van der Waals surface area contributed by atoms with Crippen molar-refractivity contribution in [3.05, 3.63) is 128 Å². The summed E-state index contributed by atoms with van der Waals surface area (Å²) in [6, 6.07) is 18.4. The maximum absolute atomic E-state index is 14.3. The lowest BCUT2D eigenvalue weighted by Gasteiger charge is -2.34. The first-order valence-corrected chi connectivity index (χ1v) is 16.8. The van der Waals surface area contributed by atoms with E-state index in [0.717, 1.165) is 20.3 Å². The molecule has 2 amide bonds. The molecule has 0 bridgehead atoms.